The number of amides is 1. The van der Waals surface area contributed by atoms with E-state index in [2.05, 4.69) is 0 Å². The number of alkyl halides is 3. The lowest BCUT2D eigenvalue weighted by molar-refractivity contribution is -0.146. The molecular formula is C26H34F3N3O2. The number of fused-ring (bicyclic) bond motifs is 1. The predicted octanol–water partition coefficient (Wildman–Crippen LogP) is 5.09. The van der Waals surface area contributed by atoms with Crippen molar-refractivity contribution in [1.29, 1.82) is 5.26 Å². The largest absolute Gasteiger partial charge is 0.417 e. The van der Waals surface area contributed by atoms with Crippen LogP contribution in [0.4, 0.5) is 18.9 Å². The van der Waals surface area contributed by atoms with Crippen LogP contribution >= 0.6 is 0 Å². The normalized spacial score (nSPS) is 25.3. The van der Waals surface area contributed by atoms with Gasteiger partial charge in [-0.3, -0.25) is 4.79 Å². The summed E-state index contributed by atoms with van der Waals surface area (Å²) >= 11 is 0. The monoisotopic (exact) mass is 477 g/mol. The Morgan fingerprint density at radius 1 is 1.24 bits per heavy atom. The van der Waals surface area contributed by atoms with E-state index in [1.54, 1.807) is 12.1 Å². The first-order valence-electron chi connectivity index (χ1n) is 12.2. The smallest absolute Gasteiger partial charge is 0.380 e. The van der Waals surface area contributed by atoms with Gasteiger partial charge in [0.15, 0.2) is 0 Å². The minimum Gasteiger partial charge on any atom is -0.380 e. The molecule has 1 aromatic rings. The molecule has 2 aliphatic heterocycles. The quantitative estimate of drug-likeness (QED) is 0.549. The van der Waals surface area contributed by atoms with Gasteiger partial charge in [0.2, 0.25) is 5.91 Å². The van der Waals surface area contributed by atoms with E-state index in [0.717, 1.165) is 18.9 Å². The van der Waals surface area contributed by atoms with Crippen molar-refractivity contribution in [2.24, 2.45) is 22.7 Å². The lowest BCUT2D eigenvalue weighted by Gasteiger charge is -2.45. The number of carbonyl (C=O) groups is 1. The first-order chi connectivity index (χ1) is 16.0. The maximum absolute atomic E-state index is 13.6. The van der Waals surface area contributed by atoms with Gasteiger partial charge in [-0.05, 0) is 55.7 Å². The molecule has 0 spiro atoms. The molecule has 4 rings (SSSR count). The van der Waals surface area contributed by atoms with Crippen LogP contribution in [0.25, 0.3) is 0 Å². The van der Waals surface area contributed by atoms with Crippen molar-refractivity contribution < 1.29 is 22.7 Å². The summed E-state index contributed by atoms with van der Waals surface area (Å²) in [4.78, 5) is 17.2. The maximum Gasteiger partial charge on any atom is 0.417 e. The van der Waals surface area contributed by atoms with E-state index in [1.165, 1.54) is 18.9 Å². The molecular weight excluding hydrogens is 443 g/mol. The zero-order chi connectivity index (χ0) is 24.7. The molecule has 1 saturated carbocycles. The number of piperidine rings is 1. The Labute approximate surface area is 199 Å². The zero-order valence-corrected chi connectivity index (χ0v) is 20.2. The van der Waals surface area contributed by atoms with E-state index in [4.69, 9.17) is 10.00 Å². The third-order valence-corrected chi connectivity index (χ3v) is 8.05. The van der Waals surface area contributed by atoms with E-state index in [-0.39, 0.29) is 22.8 Å². The van der Waals surface area contributed by atoms with Crippen LogP contribution in [0.1, 0.15) is 57.6 Å². The summed E-state index contributed by atoms with van der Waals surface area (Å²) in [5.74, 6) is 0.970. The van der Waals surface area contributed by atoms with Crippen molar-refractivity contribution >= 4 is 11.6 Å². The summed E-state index contributed by atoms with van der Waals surface area (Å²) in [6, 6.07) is 5.62. The second-order valence-electron chi connectivity index (χ2n) is 11.0. The van der Waals surface area contributed by atoms with Crippen molar-refractivity contribution in [2.45, 2.75) is 52.6 Å². The maximum atomic E-state index is 13.6. The van der Waals surface area contributed by atoms with Crippen LogP contribution < -0.4 is 4.90 Å². The van der Waals surface area contributed by atoms with Crippen LogP contribution in [0.5, 0.6) is 0 Å². The van der Waals surface area contributed by atoms with Gasteiger partial charge in [0, 0.05) is 49.3 Å². The Balaban J connectivity index is 1.60. The van der Waals surface area contributed by atoms with Gasteiger partial charge >= 0.3 is 6.18 Å². The Morgan fingerprint density at radius 2 is 1.97 bits per heavy atom. The highest BCUT2D eigenvalue weighted by Gasteiger charge is 2.52. The molecule has 1 amide bonds. The van der Waals surface area contributed by atoms with E-state index in [0.29, 0.717) is 51.0 Å². The summed E-state index contributed by atoms with van der Waals surface area (Å²) in [5, 5.41) is 9.14. The molecule has 3 fully saturated rings. The Hall–Kier alpha value is -2.27. The molecule has 5 nitrogen and oxygen atoms in total. The van der Waals surface area contributed by atoms with Crippen LogP contribution in [0, 0.1) is 34.0 Å². The fourth-order valence-corrected chi connectivity index (χ4v) is 5.31. The highest BCUT2D eigenvalue weighted by atomic mass is 19.4. The van der Waals surface area contributed by atoms with E-state index >= 15 is 0 Å². The first-order valence-corrected chi connectivity index (χ1v) is 12.2. The number of likely N-dealkylation sites (tertiary alicyclic amines) is 1. The second kappa shape index (κ2) is 9.07. The van der Waals surface area contributed by atoms with Crippen molar-refractivity contribution in [3.8, 4) is 6.07 Å². The Bertz CT molecular complexity index is 967. The molecule has 2 heterocycles. The molecule has 1 aliphatic carbocycles. The standard InChI is InChI=1S/C26H34F3N3O2/c1-4-24(2,3)23(33)31-10-9-20-13-32(16-25(20,15-31)17-34-14-18-5-6-18)21-8-7-19(12-30)22(11-21)26(27,28)29/h7-8,11,18,20H,4-6,9-10,13-17H2,1-3H3/t20-,25+/m0/s1. The lowest BCUT2D eigenvalue weighted by Crippen LogP contribution is -2.55. The summed E-state index contributed by atoms with van der Waals surface area (Å²) in [7, 11) is 0. The van der Waals surface area contributed by atoms with Gasteiger partial charge in [0.05, 0.1) is 23.8 Å². The highest BCUT2D eigenvalue weighted by Crippen LogP contribution is 2.46. The number of ether oxygens (including phenoxy) is 1. The van der Waals surface area contributed by atoms with Gasteiger partial charge in [-0.1, -0.05) is 20.8 Å². The van der Waals surface area contributed by atoms with Crippen LogP contribution in [-0.4, -0.2) is 50.2 Å². The molecule has 8 heteroatoms. The minimum absolute atomic E-state index is 0.131. The number of halogens is 3. The average molecular weight is 478 g/mol. The van der Waals surface area contributed by atoms with Gasteiger partial charge in [0.1, 0.15) is 0 Å². The van der Waals surface area contributed by atoms with Gasteiger partial charge in [-0.15, -0.1) is 0 Å². The molecule has 1 aromatic carbocycles. The number of hydrogen-bond acceptors (Lipinski definition) is 4. The molecule has 0 unspecified atom stereocenters. The van der Waals surface area contributed by atoms with Crippen molar-refractivity contribution in [2.75, 3.05) is 44.3 Å². The first kappa shape index (κ1) is 24.8. The molecule has 2 saturated heterocycles. The average Bonchev–Trinajstić information content (AvgIpc) is 3.55. The highest BCUT2D eigenvalue weighted by molar-refractivity contribution is 5.82. The number of nitrogens with zero attached hydrogens (tertiary/aromatic N) is 3. The number of anilines is 1. The molecule has 2 atom stereocenters. The Morgan fingerprint density at radius 3 is 2.59 bits per heavy atom. The zero-order valence-electron chi connectivity index (χ0n) is 20.2. The summed E-state index contributed by atoms with van der Waals surface area (Å²) in [5.41, 5.74) is -1.57. The van der Waals surface area contributed by atoms with Gasteiger partial charge < -0.3 is 14.5 Å². The molecule has 186 valence electrons. The number of carbonyl (C=O) groups excluding carboxylic acids is 1. The summed E-state index contributed by atoms with van der Waals surface area (Å²) in [6.45, 7) is 9.52. The van der Waals surface area contributed by atoms with E-state index in [1.807, 2.05) is 30.6 Å². The molecule has 0 N–H and O–H groups in total. The number of rotatable bonds is 7. The summed E-state index contributed by atoms with van der Waals surface area (Å²) < 4.78 is 46.9. The SMILES string of the molecule is CCC(C)(C)C(=O)N1CC[C@H]2CN(c3ccc(C#N)c(C(F)(F)F)c3)C[C@@]2(COCC2CC2)C1. The fraction of sp³-hybridized carbons (Fsp3) is 0.692. The third kappa shape index (κ3) is 4.91. The van der Waals surface area contributed by atoms with Gasteiger partial charge in [0.25, 0.3) is 0 Å². The van der Waals surface area contributed by atoms with Gasteiger partial charge in [-0.2, -0.15) is 18.4 Å². The van der Waals surface area contributed by atoms with Gasteiger partial charge in [-0.25, -0.2) is 0 Å². The predicted molar refractivity (Wildman–Crippen MR) is 123 cm³/mol. The molecule has 0 aromatic heterocycles. The molecule has 0 bridgehead atoms. The van der Waals surface area contributed by atoms with Crippen LogP contribution in [0.3, 0.4) is 0 Å². The molecule has 0 radical (unpaired) electrons. The van der Waals surface area contributed by atoms with Crippen molar-refractivity contribution in [1.82, 2.24) is 4.90 Å². The Kier molecular flexibility index (Phi) is 6.63. The third-order valence-electron chi connectivity index (χ3n) is 8.05. The number of hydrogen-bond donors (Lipinski definition) is 0. The van der Waals surface area contributed by atoms with Crippen LogP contribution in [0.2, 0.25) is 0 Å². The van der Waals surface area contributed by atoms with Crippen LogP contribution in [0.15, 0.2) is 18.2 Å². The number of nitriles is 1. The molecule has 3 aliphatic rings. The van der Waals surface area contributed by atoms with E-state index < -0.39 is 17.2 Å². The van der Waals surface area contributed by atoms with Crippen molar-refractivity contribution in [3.05, 3.63) is 29.3 Å². The summed E-state index contributed by atoms with van der Waals surface area (Å²) in [6.07, 6.45) is -0.675. The lowest BCUT2D eigenvalue weighted by atomic mass is 9.73. The van der Waals surface area contributed by atoms with Crippen molar-refractivity contribution in [3.63, 3.8) is 0 Å². The topological polar surface area (TPSA) is 56.6 Å². The second-order valence-corrected chi connectivity index (χ2v) is 11.0. The fourth-order valence-electron chi connectivity index (χ4n) is 5.31. The number of benzene rings is 1. The van der Waals surface area contributed by atoms with Crippen LogP contribution in [-0.2, 0) is 15.7 Å². The molecule has 34 heavy (non-hydrogen) atoms. The van der Waals surface area contributed by atoms with E-state index in [9.17, 15) is 18.0 Å². The minimum atomic E-state index is -4.59.